The highest BCUT2D eigenvalue weighted by molar-refractivity contribution is 6.15. The molecular formula is C30H28N2O7. The molecule has 1 saturated heterocycles. The maximum Gasteiger partial charge on any atom is 0.232 e. The number of hydrogen-bond acceptors (Lipinski definition) is 9. The number of carbonyl (C=O) groups is 1. The van der Waals surface area contributed by atoms with E-state index in [0.717, 1.165) is 49.8 Å². The van der Waals surface area contributed by atoms with Crippen LogP contribution in [0.3, 0.4) is 0 Å². The number of piperazine rings is 1. The van der Waals surface area contributed by atoms with Crippen LogP contribution >= 0.6 is 0 Å². The summed E-state index contributed by atoms with van der Waals surface area (Å²) in [4.78, 5) is 18.0. The molecule has 9 nitrogen and oxygen atoms in total. The van der Waals surface area contributed by atoms with Gasteiger partial charge in [0.05, 0.1) is 11.1 Å². The third-order valence-corrected chi connectivity index (χ3v) is 7.60. The fraction of sp³-hybridized carbons (Fsp3) is 0.300. The molecule has 1 N–H and O–H groups in total. The molecule has 1 fully saturated rings. The zero-order chi connectivity index (χ0) is 26.5. The van der Waals surface area contributed by atoms with Gasteiger partial charge in [0.15, 0.2) is 28.8 Å². The van der Waals surface area contributed by atoms with E-state index in [1.807, 2.05) is 37.3 Å². The van der Waals surface area contributed by atoms with Crippen molar-refractivity contribution in [2.24, 2.45) is 0 Å². The van der Waals surface area contributed by atoms with E-state index in [0.29, 0.717) is 40.5 Å². The lowest BCUT2D eigenvalue weighted by molar-refractivity contribution is 0.101. The first-order chi connectivity index (χ1) is 19.0. The van der Waals surface area contributed by atoms with Crippen LogP contribution in [0.25, 0.3) is 6.08 Å². The van der Waals surface area contributed by atoms with Crippen LogP contribution < -0.4 is 23.7 Å². The molecule has 0 aliphatic carbocycles. The summed E-state index contributed by atoms with van der Waals surface area (Å²) in [6.07, 6.45) is 1.71. The Bertz CT molecular complexity index is 1510. The van der Waals surface area contributed by atoms with Crippen molar-refractivity contribution in [2.45, 2.75) is 20.0 Å². The third-order valence-electron chi connectivity index (χ3n) is 7.60. The summed E-state index contributed by atoms with van der Waals surface area (Å²) in [5, 5.41) is 10.9. The summed E-state index contributed by atoms with van der Waals surface area (Å²) in [5.41, 5.74) is 3.81. The summed E-state index contributed by atoms with van der Waals surface area (Å²) in [6.45, 7) is 7.06. The maximum absolute atomic E-state index is 13.3. The number of phenols is 1. The molecule has 0 unspecified atom stereocenters. The highest BCUT2D eigenvalue weighted by Crippen LogP contribution is 2.43. The number of ketones is 1. The van der Waals surface area contributed by atoms with Crippen molar-refractivity contribution >= 4 is 11.9 Å². The molecule has 200 valence electrons. The van der Waals surface area contributed by atoms with E-state index in [2.05, 4.69) is 15.9 Å². The number of allylic oxidation sites excluding steroid dienone is 1. The Labute approximate surface area is 225 Å². The highest BCUT2D eigenvalue weighted by atomic mass is 16.7. The van der Waals surface area contributed by atoms with Crippen LogP contribution in [-0.4, -0.2) is 60.5 Å². The molecule has 3 aromatic carbocycles. The molecule has 0 spiro atoms. The number of phenolic OH excluding ortho intramolecular Hbond substituents is 1. The Kier molecular flexibility index (Phi) is 5.82. The monoisotopic (exact) mass is 528 g/mol. The zero-order valence-corrected chi connectivity index (χ0v) is 21.6. The molecule has 0 bridgehead atoms. The molecule has 0 aromatic heterocycles. The lowest BCUT2D eigenvalue weighted by Crippen LogP contribution is -2.45. The van der Waals surface area contributed by atoms with Crippen molar-refractivity contribution in [1.82, 2.24) is 9.80 Å². The molecule has 4 heterocycles. The van der Waals surface area contributed by atoms with Crippen molar-refractivity contribution in [2.75, 3.05) is 39.8 Å². The number of fused-ring (bicyclic) bond motifs is 3. The Morgan fingerprint density at radius 1 is 0.821 bits per heavy atom. The second-order valence-electron chi connectivity index (χ2n) is 10.2. The summed E-state index contributed by atoms with van der Waals surface area (Å²) in [5.74, 6) is 3.55. The average molecular weight is 529 g/mol. The van der Waals surface area contributed by atoms with Crippen molar-refractivity contribution in [3.05, 3.63) is 76.0 Å². The van der Waals surface area contributed by atoms with Gasteiger partial charge in [-0.05, 0) is 60.0 Å². The minimum atomic E-state index is -0.185. The quantitative estimate of drug-likeness (QED) is 0.492. The van der Waals surface area contributed by atoms with Gasteiger partial charge in [0.25, 0.3) is 0 Å². The Balaban J connectivity index is 1.05. The molecule has 4 aliphatic heterocycles. The van der Waals surface area contributed by atoms with E-state index >= 15 is 0 Å². The molecule has 0 saturated carbocycles. The molecule has 3 aromatic rings. The number of aromatic hydroxyl groups is 1. The van der Waals surface area contributed by atoms with Gasteiger partial charge in [0, 0.05) is 39.3 Å². The van der Waals surface area contributed by atoms with Gasteiger partial charge in [0.2, 0.25) is 19.4 Å². The largest absolute Gasteiger partial charge is 0.507 e. The zero-order valence-electron chi connectivity index (χ0n) is 21.6. The summed E-state index contributed by atoms with van der Waals surface area (Å²) >= 11 is 0. The van der Waals surface area contributed by atoms with E-state index in [1.54, 1.807) is 12.1 Å². The van der Waals surface area contributed by atoms with E-state index in [1.165, 1.54) is 5.56 Å². The van der Waals surface area contributed by atoms with Crippen molar-refractivity contribution in [3.8, 4) is 34.5 Å². The van der Waals surface area contributed by atoms with Crippen LogP contribution in [-0.2, 0) is 13.1 Å². The van der Waals surface area contributed by atoms with Crippen molar-refractivity contribution in [3.63, 3.8) is 0 Å². The maximum atomic E-state index is 13.3. The summed E-state index contributed by atoms with van der Waals surface area (Å²) in [7, 11) is 0. The first-order valence-electron chi connectivity index (χ1n) is 13.0. The number of nitrogens with zero attached hydrogens (tertiary/aromatic N) is 2. The molecule has 4 aliphatic rings. The fourth-order valence-corrected chi connectivity index (χ4v) is 5.51. The molecule has 7 rings (SSSR count). The second-order valence-corrected chi connectivity index (χ2v) is 10.2. The second kappa shape index (κ2) is 9.52. The SMILES string of the molecule is Cc1cc(O)c(CN2CCN(Cc3ccc4c(c3)OCO4)CC2)c2c1C(=O)/C(=C/c1ccc3c(c1)OCO3)O2. The molecular weight excluding hydrogens is 500 g/mol. The molecule has 0 radical (unpaired) electrons. The number of benzene rings is 3. The van der Waals surface area contributed by atoms with Gasteiger partial charge in [-0.2, -0.15) is 0 Å². The Hall–Kier alpha value is -4.21. The third kappa shape index (κ3) is 4.43. The molecule has 39 heavy (non-hydrogen) atoms. The minimum absolute atomic E-state index is 0.145. The molecule has 0 atom stereocenters. The van der Waals surface area contributed by atoms with Crippen LogP contribution in [0.15, 0.2) is 48.2 Å². The predicted molar refractivity (Wildman–Crippen MR) is 141 cm³/mol. The van der Waals surface area contributed by atoms with E-state index < -0.39 is 0 Å². The van der Waals surface area contributed by atoms with E-state index in [-0.39, 0.29) is 30.9 Å². The number of carbonyl (C=O) groups excluding carboxylic acids is 1. The van der Waals surface area contributed by atoms with Crippen LogP contribution in [0.1, 0.15) is 32.6 Å². The van der Waals surface area contributed by atoms with Crippen LogP contribution in [0.4, 0.5) is 0 Å². The number of Topliss-reactive ketones (excluding diaryl/α,β-unsaturated/α-hetero) is 1. The normalized spacial score (nSPS) is 19.0. The van der Waals surface area contributed by atoms with Gasteiger partial charge in [-0.25, -0.2) is 0 Å². The lowest BCUT2D eigenvalue weighted by atomic mass is 9.99. The smallest absolute Gasteiger partial charge is 0.232 e. The van der Waals surface area contributed by atoms with Gasteiger partial charge < -0.3 is 28.8 Å². The first kappa shape index (κ1) is 23.9. The van der Waals surface area contributed by atoms with Gasteiger partial charge in [0.1, 0.15) is 11.5 Å². The van der Waals surface area contributed by atoms with Gasteiger partial charge in [-0.1, -0.05) is 12.1 Å². The van der Waals surface area contributed by atoms with Crippen molar-refractivity contribution < 1.29 is 33.6 Å². The summed E-state index contributed by atoms with van der Waals surface area (Å²) in [6, 6.07) is 13.2. The highest BCUT2D eigenvalue weighted by Gasteiger charge is 2.34. The van der Waals surface area contributed by atoms with Crippen LogP contribution in [0.2, 0.25) is 0 Å². The van der Waals surface area contributed by atoms with Crippen LogP contribution in [0, 0.1) is 6.92 Å². The molecule has 9 heteroatoms. The fourth-order valence-electron chi connectivity index (χ4n) is 5.51. The number of hydrogen-bond donors (Lipinski definition) is 1. The van der Waals surface area contributed by atoms with E-state index in [9.17, 15) is 9.90 Å². The number of rotatable bonds is 5. The van der Waals surface area contributed by atoms with E-state index in [4.69, 9.17) is 23.7 Å². The molecule has 0 amide bonds. The predicted octanol–water partition coefficient (Wildman–Crippen LogP) is 4.09. The Morgan fingerprint density at radius 2 is 1.46 bits per heavy atom. The lowest BCUT2D eigenvalue weighted by Gasteiger charge is -2.35. The average Bonchev–Trinajstić information content (AvgIpc) is 3.66. The summed E-state index contributed by atoms with van der Waals surface area (Å²) < 4.78 is 27.9. The first-order valence-corrected chi connectivity index (χ1v) is 13.0. The van der Waals surface area contributed by atoms with Gasteiger partial charge in [-0.15, -0.1) is 0 Å². The standard InChI is InChI=1S/C30H28N2O7/c1-18-10-22(33)21(15-32-8-6-31(7-9-32)14-20-3-5-24-26(13-20)38-17-36-24)30-28(18)29(34)27(39-30)12-19-2-4-23-25(11-19)37-16-35-23/h2-5,10-13,33H,6-9,14-17H2,1H3/b27-12-. The van der Waals surface area contributed by atoms with Gasteiger partial charge in [-0.3, -0.25) is 14.6 Å². The number of ether oxygens (including phenoxy) is 5. The van der Waals surface area contributed by atoms with Crippen LogP contribution in [0.5, 0.6) is 34.5 Å². The van der Waals surface area contributed by atoms with Crippen molar-refractivity contribution in [1.29, 1.82) is 0 Å². The number of aryl methyl sites for hydroxylation is 1. The van der Waals surface area contributed by atoms with Gasteiger partial charge >= 0.3 is 0 Å². The minimum Gasteiger partial charge on any atom is -0.507 e. The topological polar surface area (TPSA) is 89.9 Å². The Morgan fingerprint density at radius 3 is 2.21 bits per heavy atom.